The third kappa shape index (κ3) is 4.96. The van der Waals surface area contributed by atoms with Gasteiger partial charge < -0.3 is 0 Å². The minimum Gasteiger partial charge on any atom is -0.204 e. The first-order chi connectivity index (χ1) is 13.5. The van der Waals surface area contributed by atoms with Gasteiger partial charge in [0.15, 0.2) is 11.6 Å². The van der Waals surface area contributed by atoms with Crippen LogP contribution in [0.2, 0.25) is 0 Å². The van der Waals surface area contributed by atoms with Gasteiger partial charge in [-0.2, -0.15) is 4.99 Å². The van der Waals surface area contributed by atoms with Crippen molar-refractivity contribution >= 4 is 23.1 Å². The van der Waals surface area contributed by atoms with Crippen LogP contribution in [0.15, 0.2) is 28.3 Å². The van der Waals surface area contributed by atoms with Crippen LogP contribution >= 0.6 is 12.2 Å². The lowest BCUT2D eigenvalue weighted by Gasteiger charge is -2.36. The quantitative estimate of drug-likeness (QED) is 0.293. The first-order valence-electron chi connectivity index (χ1n) is 10.3. The zero-order valence-electron chi connectivity index (χ0n) is 16.7. The van der Waals surface area contributed by atoms with E-state index in [1.54, 1.807) is 0 Å². The van der Waals surface area contributed by atoms with Crippen LogP contribution in [0.25, 0.3) is 0 Å². The first-order valence-corrected chi connectivity index (χ1v) is 10.7. The smallest absolute Gasteiger partial charge is 0.153 e. The standard InChI is InChI=1S/C24H27F2NS/c1-3-17-4-8-20(9-5-17)21-11-10-19(16(2)12-21)7-6-18-13-22(25)24(27-15-28)23(26)14-18/h13-14,17,20-21H,3-5,8-12H2,1-2H3. The van der Waals surface area contributed by atoms with E-state index >= 15 is 0 Å². The fraction of sp³-hybridized carbons (Fsp3) is 0.542. The number of hydrogen-bond acceptors (Lipinski definition) is 2. The molecule has 0 heterocycles. The number of allylic oxidation sites excluding steroid dienone is 2. The number of benzene rings is 1. The Kier molecular flexibility index (Phi) is 7.16. The van der Waals surface area contributed by atoms with Crippen molar-refractivity contribution in [3.8, 4) is 11.8 Å². The molecule has 0 aliphatic heterocycles. The number of rotatable bonds is 3. The summed E-state index contributed by atoms with van der Waals surface area (Å²) >= 11 is 4.42. The molecule has 0 radical (unpaired) electrons. The molecule has 4 heteroatoms. The summed E-state index contributed by atoms with van der Waals surface area (Å²) in [6, 6.07) is 2.41. The fourth-order valence-electron chi connectivity index (χ4n) is 4.74. The Hall–Kier alpha value is -1.82. The van der Waals surface area contributed by atoms with Gasteiger partial charge in [0.1, 0.15) is 5.69 Å². The van der Waals surface area contributed by atoms with E-state index in [1.165, 1.54) is 56.2 Å². The maximum atomic E-state index is 14.0. The predicted molar refractivity (Wildman–Crippen MR) is 114 cm³/mol. The van der Waals surface area contributed by atoms with Gasteiger partial charge in [-0.15, -0.1) is 0 Å². The average molecular weight is 400 g/mol. The number of isothiocyanates is 1. The second kappa shape index (κ2) is 9.59. The molecule has 2 aliphatic carbocycles. The highest BCUT2D eigenvalue weighted by atomic mass is 32.1. The van der Waals surface area contributed by atoms with Gasteiger partial charge in [-0.3, -0.25) is 0 Å². The predicted octanol–water partition coefficient (Wildman–Crippen LogP) is 7.38. The van der Waals surface area contributed by atoms with Gasteiger partial charge in [-0.05, 0) is 81.1 Å². The molecular formula is C24H27F2NS. The van der Waals surface area contributed by atoms with Gasteiger partial charge in [0.2, 0.25) is 0 Å². The molecule has 28 heavy (non-hydrogen) atoms. The summed E-state index contributed by atoms with van der Waals surface area (Å²) in [5.74, 6) is 7.11. The van der Waals surface area contributed by atoms with E-state index in [9.17, 15) is 8.78 Å². The molecule has 148 valence electrons. The van der Waals surface area contributed by atoms with Gasteiger partial charge in [0.05, 0.1) is 5.16 Å². The van der Waals surface area contributed by atoms with Crippen LogP contribution in [-0.2, 0) is 0 Å². The molecule has 0 bridgehead atoms. The summed E-state index contributed by atoms with van der Waals surface area (Å²) in [6.45, 7) is 4.46. The van der Waals surface area contributed by atoms with Gasteiger partial charge in [0, 0.05) is 11.1 Å². The van der Waals surface area contributed by atoms with E-state index in [0.29, 0.717) is 5.56 Å². The van der Waals surface area contributed by atoms with Crippen molar-refractivity contribution in [2.45, 2.75) is 65.2 Å². The Morgan fingerprint density at radius 2 is 1.71 bits per heavy atom. The normalized spacial score (nSPS) is 24.9. The zero-order valence-corrected chi connectivity index (χ0v) is 17.5. The van der Waals surface area contributed by atoms with E-state index in [4.69, 9.17) is 0 Å². The Morgan fingerprint density at radius 3 is 2.29 bits per heavy atom. The van der Waals surface area contributed by atoms with Crippen LogP contribution in [0.3, 0.4) is 0 Å². The Morgan fingerprint density at radius 1 is 1.04 bits per heavy atom. The third-order valence-electron chi connectivity index (χ3n) is 6.52. The summed E-state index contributed by atoms with van der Waals surface area (Å²) < 4.78 is 27.9. The van der Waals surface area contributed by atoms with Crippen LogP contribution in [0.5, 0.6) is 0 Å². The van der Waals surface area contributed by atoms with E-state index in [1.807, 2.05) is 5.16 Å². The molecule has 1 saturated carbocycles. The zero-order chi connectivity index (χ0) is 20.1. The molecule has 3 rings (SSSR count). The van der Waals surface area contributed by atoms with Crippen molar-refractivity contribution in [3.63, 3.8) is 0 Å². The monoisotopic (exact) mass is 399 g/mol. The third-order valence-corrected chi connectivity index (χ3v) is 6.61. The molecule has 1 atom stereocenters. The number of aliphatic imine (C=N–C) groups is 1. The van der Waals surface area contributed by atoms with E-state index in [0.717, 1.165) is 36.2 Å². The molecule has 1 unspecified atom stereocenters. The molecule has 1 aromatic carbocycles. The van der Waals surface area contributed by atoms with Gasteiger partial charge in [-0.1, -0.05) is 43.6 Å². The molecule has 0 aromatic heterocycles. The SMILES string of the molecule is CCC1CCC(C2CCC(C#Cc3cc(F)c(N=C=S)c(F)c3)=C(C)C2)CC1. The van der Waals surface area contributed by atoms with Gasteiger partial charge in [-0.25, -0.2) is 8.78 Å². The summed E-state index contributed by atoms with van der Waals surface area (Å²) in [6.07, 6.45) is 10.1. The number of thiocarbonyl (C=S) groups is 1. The Bertz CT molecular complexity index is 839. The minimum atomic E-state index is -0.765. The van der Waals surface area contributed by atoms with Gasteiger partial charge >= 0.3 is 0 Å². The largest absolute Gasteiger partial charge is 0.204 e. The molecule has 0 amide bonds. The summed E-state index contributed by atoms with van der Waals surface area (Å²) in [5, 5.41) is 2.00. The highest BCUT2D eigenvalue weighted by molar-refractivity contribution is 7.78. The van der Waals surface area contributed by atoms with Crippen LogP contribution < -0.4 is 0 Å². The molecular weight excluding hydrogens is 372 g/mol. The Balaban J connectivity index is 1.69. The lowest BCUT2D eigenvalue weighted by atomic mass is 9.69. The second-order valence-corrected chi connectivity index (χ2v) is 8.37. The van der Waals surface area contributed by atoms with Crippen LogP contribution in [-0.4, -0.2) is 5.16 Å². The highest BCUT2D eigenvalue weighted by Gasteiger charge is 2.29. The average Bonchev–Trinajstić information content (AvgIpc) is 2.70. The van der Waals surface area contributed by atoms with Crippen molar-refractivity contribution in [3.05, 3.63) is 40.5 Å². The summed E-state index contributed by atoms with van der Waals surface area (Å²) in [4.78, 5) is 3.43. The minimum absolute atomic E-state index is 0.318. The van der Waals surface area contributed by atoms with E-state index in [2.05, 4.69) is 42.9 Å². The molecule has 1 nitrogen and oxygen atoms in total. The number of halogens is 2. The fourth-order valence-corrected chi connectivity index (χ4v) is 4.83. The lowest BCUT2D eigenvalue weighted by molar-refractivity contribution is 0.188. The molecule has 0 saturated heterocycles. The molecule has 0 spiro atoms. The molecule has 1 fully saturated rings. The maximum absolute atomic E-state index is 14.0. The summed E-state index contributed by atoms with van der Waals surface area (Å²) in [5.41, 5.74) is 2.37. The summed E-state index contributed by atoms with van der Waals surface area (Å²) in [7, 11) is 0. The van der Waals surface area contributed by atoms with Gasteiger partial charge in [0.25, 0.3) is 0 Å². The molecule has 0 N–H and O–H groups in total. The first kappa shape index (κ1) is 20.9. The van der Waals surface area contributed by atoms with Crippen molar-refractivity contribution < 1.29 is 8.78 Å². The Labute approximate surface area is 172 Å². The number of nitrogens with zero attached hydrogens (tertiary/aromatic N) is 1. The van der Waals surface area contributed by atoms with Crippen molar-refractivity contribution in [1.82, 2.24) is 0 Å². The maximum Gasteiger partial charge on any atom is 0.153 e. The van der Waals surface area contributed by atoms with Crippen LogP contribution in [0.1, 0.15) is 70.8 Å². The van der Waals surface area contributed by atoms with E-state index < -0.39 is 17.3 Å². The van der Waals surface area contributed by atoms with E-state index in [-0.39, 0.29) is 0 Å². The molecule has 2 aliphatic rings. The number of hydrogen-bond donors (Lipinski definition) is 0. The van der Waals surface area contributed by atoms with Crippen molar-refractivity contribution in [2.24, 2.45) is 22.7 Å². The van der Waals surface area contributed by atoms with Crippen LogP contribution in [0.4, 0.5) is 14.5 Å². The topological polar surface area (TPSA) is 12.4 Å². The van der Waals surface area contributed by atoms with Crippen molar-refractivity contribution in [1.29, 1.82) is 0 Å². The lowest BCUT2D eigenvalue weighted by Crippen LogP contribution is -2.24. The highest BCUT2D eigenvalue weighted by Crippen LogP contribution is 2.42. The van der Waals surface area contributed by atoms with Crippen molar-refractivity contribution in [2.75, 3.05) is 0 Å². The second-order valence-electron chi connectivity index (χ2n) is 8.19. The molecule has 1 aromatic rings. The van der Waals surface area contributed by atoms with Crippen LogP contribution in [0, 0.1) is 41.2 Å².